The second-order valence-electron chi connectivity index (χ2n) is 5.70. The molecule has 0 fully saturated rings. The average molecular weight is 311 g/mol. The van der Waals surface area contributed by atoms with E-state index in [4.69, 9.17) is 0 Å². The van der Waals surface area contributed by atoms with Crippen LogP contribution >= 0.6 is 0 Å². The quantitative estimate of drug-likeness (QED) is 0.650. The van der Waals surface area contributed by atoms with Crippen LogP contribution in [0, 0.1) is 5.82 Å². The van der Waals surface area contributed by atoms with Gasteiger partial charge in [0.1, 0.15) is 5.82 Å². The molecule has 0 saturated carbocycles. The summed E-state index contributed by atoms with van der Waals surface area (Å²) in [5, 5.41) is 3.56. The number of hydrogen-bond donors (Lipinski definition) is 1. The molecule has 0 aliphatic carbocycles. The molecule has 23 heavy (non-hydrogen) atoms. The summed E-state index contributed by atoms with van der Waals surface area (Å²) >= 11 is 0. The van der Waals surface area contributed by atoms with Crippen LogP contribution in [0.15, 0.2) is 66.3 Å². The van der Waals surface area contributed by atoms with Crippen LogP contribution in [-0.4, -0.2) is 18.3 Å². The number of nitrogens with zero attached hydrogens (tertiary/aromatic N) is 2. The third-order valence-corrected chi connectivity index (χ3v) is 4.23. The van der Waals surface area contributed by atoms with Crippen LogP contribution in [0.4, 0.5) is 10.1 Å². The number of fused-ring (bicyclic) bond motifs is 1. The monoisotopic (exact) mass is 311 g/mol. The fraction of sp³-hybridized carbons (Fsp3) is 0.211. The van der Waals surface area contributed by atoms with Crippen LogP contribution in [0.25, 0.3) is 0 Å². The van der Waals surface area contributed by atoms with E-state index in [0.717, 1.165) is 17.7 Å². The van der Waals surface area contributed by atoms with Crippen molar-refractivity contribution in [3.8, 4) is 0 Å². The van der Waals surface area contributed by atoms with E-state index in [9.17, 15) is 4.39 Å². The molecule has 0 amide bonds. The summed E-state index contributed by atoms with van der Waals surface area (Å²) in [6.45, 7) is 3.62. The number of benzene rings is 2. The molecule has 3 nitrogen and oxygen atoms in total. The van der Waals surface area contributed by atoms with Crippen LogP contribution in [-0.2, 0) is 0 Å². The van der Waals surface area contributed by atoms with Gasteiger partial charge in [-0.1, -0.05) is 36.9 Å². The lowest BCUT2D eigenvalue weighted by molar-refractivity contribution is 0.338. The van der Waals surface area contributed by atoms with Crippen molar-refractivity contribution in [1.82, 2.24) is 4.90 Å². The third-order valence-electron chi connectivity index (χ3n) is 4.23. The smallest absolute Gasteiger partial charge is 0.123 e. The first kappa shape index (κ1) is 15.3. The van der Waals surface area contributed by atoms with Gasteiger partial charge in [0.05, 0.1) is 18.4 Å². The molecule has 0 saturated heterocycles. The molecule has 0 bridgehead atoms. The molecule has 2 aromatic rings. The highest BCUT2D eigenvalue weighted by molar-refractivity contribution is 5.61. The zero-order chi connectivity index (χ0) is 16.2. The molecular weight excluding hydrogens is 289 g/mol. The minimum Gasteiger partial charge on any atom is -0.378 e. The maximum atomic E-state index is 13.2. The van der Waals surface area contributed by atoms with Gasteiger partial charge < -0.3 is 10.2 Å². The van der Waals surface area contributed by atoms with E-state index < -0.39 is 0 Å². The molecule has 0 spiro atoms. The van der Waals surface area contributed by atoms with Crippen molar-refractivity contribution in [3.63, 3.8) is 0 Å². The minimum absolute atomic E-state index is 0. The Morgan fingerprint density at radius 2 is 2.00 bits per heavy atom. The molecule has 4 heteroatoms. The van der Waals surface area contributed by atoms with Crippen molar-refractivity contribution in [3.05, 3.63) is 78.3 Å². The highest BCUT2D eigenvalue weighted by Crippen LogP contribution is 2.40. The second-order valence-corrected chi connectivity index (χ2v) is 5.70. The van der Waals surface area contributed by atoms with Gasteiger partial charge in [-0.25, -0.2) is 9.38 Å². The van der Waals surface area contributed by atoms with Crippen molar-refractivity contribution < 1.29 is 5.82 Å². The Morgan fingerprint density at radius 1 is 1.26 bits per heavy atom. The van der Waals surface area contributed by atoms with Crippen molar-refractivity contribution in [2.24, 2.45) is 4.99 Å². The Morgan fingerprint density at radius 3 is 2.74 bits per heavy atom. The Bertz CT molecular complexity index is 715. The predicted molar refractivity (Wildman–Crippen MR) is 95.1 cm³/mol. The zero-order valence-corrected chi connectivity index (χ0v) is 13.1. The van der Waals surface area contributed by atoms with Gasteiger partial charge in [-0.15, -0.1) is 0 Å². The SMILES string of the molecule is C=CN=CN(C)C1CC(c2ccc(F)cc2)Nc2ccccc21.[HH]. The minimum atomic E-state index is -0.211. The maximum absolute atomic E-state index is 13.2. The Balaban J connectivity index is 0.00000208. The lowest BCUT2D eigenvalue weighted by atomic mass is 9.89. The van der Waals surface area contributed by atoms with E-state index in [1.165, 1.54) is 23.9 Å². The second kappa shape index (κ2) is 6.65. The van der Waals surface area contributed by atoms with Gasteiger partial charge >= 0.3 is 0 Å². The summed E-state index contributed by atoms with van der Waals surface area (Å²) < 4.78 is 13.2. The van der Waals surface area contributed by atoms with E-state index in [1.807, 2.05) is 31.3 Å². The normalized spacial score (nSPS) is 19.9. The molecule has 2 atom stereocenters. The van der Waals surface area contributed by atoms with Gasteiger partial charge in [0, 0.05) is 20.4 Å². The average Bonchev–Trinajstić information content (AvgIpc) is 2.59. The van der Waals surface area contributed by atoms with E-state index >= 15 is 0 Å². The third kappa shape index (κ3) is 3.26. The predicted octanol–water partition coefficient (Wildman–Crippen LogP) is 4.77. The van der Waals surface area contributed by atoms with Crippen molar-refractivity contribution in [2.45, 2.75) is 18.5 Å². The van der Waals surface area contributed by atoms with Crippen molar-refractivity contribution in [1.29, 1.82) is 0 Å². The van der Waals surface area contributed by atoms with E-state index in [2.05, 4.69) is 33.9 Å². The largest absolute Gasteiger partial charge is 0.378 e. The number of anilines is 1. The summed E-state index contributed by atoms with van der Waals surface area (Å²) in [6.07, 6.45) is 4.20. The van der Waals surface area contributed by atoms with Gasteiger partial charge in [0.15, 0.2) is 0 Å². The highest BCUT2D eigenvalue weighted by atomic mass is 19.1. The van der Waals surface area contributed by atoms with Crippen LogP contribution in [0.1, 0.15) is 31.1 Å². The molecule has 1 heterocycles. The first-order chi connectivity index (χ1) is 11.2. The van der Waals surface area contributed by atoms with E-state index in [0.29, 0.717) is 0 Å². The van der Waals surface area contributed by atoms with Gasteiger partial charge in [-0.2, -0.15) is 0 Å². The van der Waals surface area contributed by atoms with E-state index in [-0.39, 0.29) is 19.3 Å². The van der Waals surface area contributed by atoms with Crippen LogP contribution < -0.4 is 5.32 Å². The molecule has 1 aliphatic heterocycles. The molecular formula is C19H22FN3. The number of halogens is 1. The highest BCUT2D eigenvalue weighted by Gasteiger charge is 2.29. The van der Waals surface area contributed by atoms with Crippen LogP contribution in [0.2, 0.25) is 0 Å². The van der Waals surface area contributed by atoms with Crippen molar-refractivity contribution in [2.75, 3.05) is 12.4 Å². The lowest BCUT2D eigenvalue weighted by Crippen LogP contribution is -2.31. The zero-order valence-electron chi connectivity index (χ0n) is 13.1. The molecule has 2 unspecified atom stereocenters. The molecule has 1 aliphatic rings. The summed E-state index contributed by atoms with van der Waals surface area (Å²) in [7, 11) is 2.02. The summed E-state index contributed by atoms with van der Waals surface area (Å²) in [5.41, 5.74) is 3.43. The number of aliphatic imine (C=N–C) groups is 1. The molecule has 1 N–H and O–H groups in total. The number of hydrogen-bond acceptors (Lipinski definition) is 2. The fourth-order valence-electron chi connectivity index (χ4n) is 3.05. The topological polar surface area (TPSA) is 27.6 Å². The number of nitrogens with one attached hydrogen (secondary N) is 1. The lowest BCUT2D eigenvalue weighted by Gasteiger charge is -2.37. The Labute approximate surface area is 137 Å². The molecule has 3 rings (SSSR count). The summed E-state index contributed by atoms with van der Waals surface area (Å²) in [6, 6.07) is 15.3. The van der Waals surface area contributed by atoms with Crippen LogP contribution in [0.5, 0.6) is 0 Å². The summed E-state index contributed by atoms with van der Waals surface area (Å²) in [5.74, 6) is -0.211. The molecule has 0 radical (unpaired) electrons. The standard InChI is InChI=1S/C19H20FN3.H2/c1-3-21-13-23(2)19-12-18(14-8-10-15(20)11-9-14)22-17-7-5-4-6-16(17)19;/h3-11,13,18-19,22H,1,12H2,2H3;1H. The maximum Gasteiger partial charge on any atom is 0.123 e. The molecule has 0 aromatic heterocycles. The van der Waals surface area contributed by atoms with Gasteiger partial charge in [0.2, 0.25) is 0 Å². The number of para-hydroxylation sites is 1. The summed E-state index contributed by atoms with van der Waals surface area (Å²) in [4.78, 5) is 6.22. The fourth-order valence-corrected chi connectivity index (χ4v) is 3.05. The molecule has 120 valence electrons. The van der Waals surface area contributed by atoms with Gasteiger partial charge in [0.25, 0.3) is 0 Å². The van der Waals surface area contributed by atoms with Crippen LogP contribution in [0.3, 0.4) is 0 Å². The van der Waals surface area contributed by atoms with E-state index in [1.54, 1.807) is 6.34 Å². The molecule has 2 aromatic carbocycles. The number of rotatable bonds is 4. The van der Waals surface area contributed by atoms with Gasteiger partial charge in [-0.05, 0) is 35.7 Å². The Hall–Kier alpha value is -2.62. The Kier molecular flexibility index (Phi) is 4.42. The van der Waals surface area contributed by atoms with Gasteiger partial charge in [-0.3, -0.25) is 0 Å². The first-order valence-corrected chi connectivity index (χ1v) is 7.66. The van der Waals surface area contributed by atoms with Crippen molar-refractivity contribution >= 4 is 12.0 Å². The first-order valence-electron chi connectivity index (χ1n) is 7.66.